The number of carbonyl (C=O) groups is 1. The fraction of sp³-hybridized carbons (Fsp3) is 0.977. The highest BCUT2D eigenvalue weighted by Gasteiger charge is 2.58. The van der Waals surface area contributed by atoms with Crippen molar-refractivity contribution in [1.82, 2.24) is 5.32 Å². The zero-order chi connectivity index (χ0) is 53.4. The van der Waals surface area contributed by atoms with Crippen LogP contribution in [0.1, 0.15) is 41.0 Å². The van der Waals surface area contributed by atoms with Gasteiger partial charge < -0.3 is 139 Å². The molecule has 0 spiro atoms. The molecule has 0 bridgehead atoms. The van der Waals surface area contributed by atoms with Gasteiger partial charge in [-0.25, -0.2) is 0 Å². The van der Waals surface area contributed by atoms with Crippen LogP contribution in [-0.4, -0.2) is 298 Å². The number of aliphatic hydroxyl groups is 17. The maximum absolute atomic E-state index is 12.8. The van der Waals surface area contributed by atoms with Gasteiger partial charge in [0.05, 0.1) is 44.7 Å². The molecule has 29 nitrogen and oxygen atoms in total. The highest BCUT2D eigenvalue weighted by Crippen LogP contribution is 2.43. The molecule has 6 rings (SSSR count). The molecule has 5 heterocycles. The fourth-order valence-corrected chi connectivity index (χ4v) is 10.2. The molecule has 14 unspecified atom stereocenters. The summed E-state index contributed by atoms with van der Waals surface area (Å²) in [4.78, 5) is 12.8. The molecule has 1 saturated carbocycles. The topological polar surface area (TPSA) is 465 Å². The maximum Gasteiger partial charge on any atom is 0.217 e. The summed E-state index contributed by atoms with van der Waals surface area (Å²) in [7, 11) is 0. The third-order valence-corrected chi connectivity index (χ3v) is 14.4. The standard InChI is InChI=1S/C43H75NO28/c1-12-21(51)26(56)30(60)39(63-12)72-37-28(58)23(53)16(8-46)66-42(37)70-35-20(44-13(2)50)38(64-17(9-47)24(35)54)71-36-25(55)18(10-48)65-41(32(36)62)69-34-19(11-49)67-40(31(61)29(34)59)68-33-14(7-45)6-15(43(3,4)5)22(52)27(33)57/h12,14-42,45-49,51-62H,6-11H2,1-5H3,(H,44,50)/t12?,14?,15?,16?,17?,18?,19?,20?,21-,22?,23-,24-,25-,26?,27+,28-,29+,30-,31?,32?,33-,34-,35+,36-,37?,38-,39?,40-,41-,42-/m0/s1. The molecule has 72 heavy (non-hydrogen) atoms. The van der Waals surface area contributed by atoms with Crippen LogP contribution in [0.4, 0.5) is 0 Å². The summed E-state index contributed by atoms with van der Waals surface area (Å²) in [5.41, 5.74) is -0.496. The summed E-state index contributed by atoms with van der Waals surface area (Å²) in [6, 6.07) is -1.77. The maximum atomic E-state index is 12.8. The Balaban J connectivity index is 1.23. The second-order valence-corrected chi connectivity index (χ2v) is 20.4. The number of hydrogen-bond acceptors (Lipinski definition) is 28. The van der Waals surface area contributed by atoms with Crippen molar-refractivity contribution < 1.29 is 139 Å². The zero-order valence-electron chi connectivity index (χ0n) is 40.2. The average Bonchev–Trinajstić information content (AvgIpc) is 3.33. The minimum absolute atomic E-state index is 0.194. The van der Waals surface area contributed by atoms with Crippen molar-refractivity contribution in [3.05, 3.63) is 0 Å². The van der Waals surface area contributed by atoms with Crippen molar-refractivity contribution in [2.24, 2.45) is 17.3 Å². The van der Waals surface area contributed by atoms with Crippen LogP contribution < -0.4 is 5.32 Å². The van der Waals surface area contributed by atoms with E-state index >= 15 is 0 Å². The fourth-order valence-electron chi connectivity index (χ4n) is 10.2. The Morgan fingerprint density at radius 2 is 0.875 bits per heavy atom. The number of rotatable bonds is 16. The van der Waals surface area contributed by atoms with Crippen molar-refractivity contribution >= 4 is 5.91 Å². The lowest BCUT2D eigenvalue weighted by molar-refractivity contribution is -0.391. The van der Waals surface area contributed by atoms with E-state index in [1.54, 1.807) is 0 Å². The van der Waals surface area contributed by atoms with E-state index < -0.39 is 228 Å². The van der Waals surface area contributed by atoms with Crippen LogP contribution in [0.3, 0.4) is 0 Å². The van der Waals surface area contributed by atoms with Crippen molar-refractivity contribution in [2.75, 3.05) is 33.0 Å². The van der Waals surface area contributed by atoms with E-state index in [-0.39, 0.29) is 6.42 Å². The van der Waals surface area contributed by atoms with Gasteiger partial charge in [-0.3, -0.25) is 4.79 Å². The molecule has 6 aliphatic rings. The van der Waals surface area contributed by atoms with Crippen LogP contribution in [-0.2, 0) is 52.2 Å². The van der Waals surface area contributed by atoms with Gasteiger partial charge in [-0.1, -0.05) is 20.8 Å². The lowest BCUT2D eigenvalue weighted by Crippen LogP contribution is -2.70. The SMILES string of the molecule is CC(=O)NC1[C@H](O[C@@H]2C(O)[C@H](O[C@H]3C(CO)O[C@@H](O[C@H]4C(CO)CC(C(C)(C)C)C(O)[C@H]4O)C(O)[C@H]3O)OC(CO)[C@@H]2O)OC(CO)[C@H](O)[C@@H]1O[C@@H]1OC(CO)[C@H](O)[C@H](O)C1OC1OC(C)[C@H](O)C(O)[C@@H]1O. The number of carbonyl (C=O) groups excluding carboxylic acids is 1. The lowest BCUT2D eigenvalue weighted by Gasteiger charge is -2.51. The second-order valence-electron chi connectivity index (χ2n) is 20.4. The molecule has 0 aromatic heterocycles. The molecule has 29 heteroatoms. The van der Waals surface area contributed by atoms with Gasteiger partial charge in [0.1, 0.15) is 122 Å². The van der Waals surface area contributed by atoms with Gasteiger partial charge in [-0.05, 0) is 24.7 Å². The predicted molar refractivity (Wildman–Crippen MR) is 230 cm³/mol. The quantitative estimate of drug-likeness (QED) is 0.0682. The first-order chi connectivity index (χ1) is 33.8. The van der Waals surface area contributed by atoms with Crippen LogP contribution in [0.2, 0.25) is 0 Å². The summed E-state index contributed by atoms with van der Waals surface area (Å²) >= 11 is 0. The van der Waals surface area contributed by atoms with E-state index in [2.05, 4.69) is 5.32 Å². The van der Waals surface area contributed by atoms with Crippen molar-refractivity contribution in [3.63, 3.8) is 0 Å². The van der Waals surface area contributed by atoms with Crippen LogP contribution in [0, 0.1) is 17.3 Å². The molecular weight excluding hydrogens is 978 g/mol. The van der Waals surface area contributed by atoms with Crippen LogP contribution in [0.5, 0.6) is 0 Å². The first-order valence-electron chi connectivity index (χ1n) is 23.9. The first kappa shape index (κ1) is 59.6. The molecule has 0 aromatic rings. The Bertz CT molecular complexity index is 1700. The third-order valence-electron chi connectivity index (χ3n) is 14.4. The Kier molecular flexibility index (Phi) is 20.5. The molecule has 0 aromatic carbocycles. The smallest absolute Gasteiger partial charge is 0.217 e. The van der Waals surface area contributed by atoms with E-state index in [4.69, 9.17) is 47.4 Å². The van der Waals surface area contributed by atoms with E-state index in [9.17, 15) is 91.6 Å². The van der Waals surface area contributed by atoms with Crippen LogP contribution >= 0.6 is 0 Å². The largest absolute Gasteiger partial charge is 0.396 e. The van der Waals surface area contributed by atoms with Gasteiger partial charge in [0.15, 0.2) is 31.5 Å². The summed E-state index contributed by atoms with van der Waals surface area (Å²) in [6.07, 6.45) is -48.6. The van der Waals surface area contributed by atoms with Gasteiger partial charge in [0.2, 0.25) is 5.91 Å². The van der Waals surface area contributed by atoms with Crippen LogP contribution in [0.15, 0.2) is 0 Å². The highest BCUT2D eigenvalue weighted by molar-refractivity contribution is 5.73. The molecule has 420 valence electrons. The summed E-state index contributed by atoms with van der Waals surface area (Å²) < 4.78 is 58.2. The van der Waals surface area contributed by atoms with Crippen molar-refractivity contribution in [2.45, 2.75) is 213 Å². The van der Waals surface area contributed by atoms with Gasteiger partial charge in [-0.15, -0.1) is 0 Å². The van der Waals surface area contributed by atoms with Crippen molar-refractivity contribution in [3.8, 4) is 0 Å². The van der Waals surface area contributed by atoms with Crippen molar-refractivity contribution in [1.29, 1.82) is 0 Å². The Hall–Kier alpha value is -1.61. The molecule has 5 aliphatic heterocycles. The Labute approximate surface area is 412 Å². The molecule has 5 saturated heterocycles. The number of hydrogen-bond donors (Lipinski definition) is 18. The first-order valence-corrected chi connectivity index (χ1v) is 23.9. The normalized spacial score (nSPS) is 50.6. The summed E-state index contributed by atoms with van der Waals surface area (Å²) in [5, 5.41) is 187. The molecule has 6 fully saturated rings. The lowest BCUT2D eigenvalue weighted by atomic mass is 9.65. The van der Waals surface area contributed by atoms with E-state index in [0.717, 1.165) is 6.92 Å². The second kappa shape index (κ2) is 24.8. The van der Waals surface area contributed by atoms with Gasteiger partial charge in [0.25, 0.3) is 0 Å². The third kappa shape index (κ3) is 12.4. The molecule has 30 atom stereocenters. The molecule has 1 amide bonds. The minimum Gasteiger partial charge on any atom is -0.396 e. The van der Waals surface area contributed by atoms with Crippen LogP contribution in [0.25, 0.3) is 0 Å². The monoisotopic (exact) mass is 1050 g/mol. The van der Waals surface area contributed by atoms with E-state index in [0.29, 0.717) is 0 Å². The van der Waals surface area contributed by atoms with Gasteiger partial charge >= 0.3 is 0 Å². The predicted octanol–water partition coefficient (Wildman–Crippen LogP) is -9.96. The number of amides is 1. The summed E-state index contributed by atoms with van der Waals surface area (Å²) in [5.74, 6) is -2.10. The molecular formula is C43H75NO28. The summed E-state index contributed by atoms with van der Waals surface area (Å²) in [6.45, 7) is 3.51. The van der Waals surface area contributed by atoms with Gasteiger partial charge in [0, 0.05) is 19.4 Å². The van der Waals surface area contributed by atoms with Gasteiger partial charge in [-0.2, -0.15) is 0 Å². The molecule has 1 aliphatic carbocycles. The molecule has 0 radical (unpaired) electrons. The minimum atomic E-state index is -2.18. The Morgan fingerprint density at radius 1 is 0.444 bits per heavy atom. The Morgan fingerprint density at radius 3 is 1.44 bits per heavy atom. The van der Waals surface area contributed by atoms with E-state index in [1.165, 1.54) is 6.92 Å². The average molecular weight is 1050 g/mol. The highest BCUT2D eigenvalue weighted by atomic mass is 16.8. The molecule has 18 N–H and O–H groups in total. The number of ether oxygens (including phenoxy) is 10. The van der Waals surface area contributed by atoms with E-state index in [1.807, 2.05) is 20.8 Å². The number of nitrogens with one attached hydrogen (secondary N) is 1. The number of aliphatic hydroxyl groups excluding tert-OH is 17. The zero-order valence-corrected chi connectivity index (χ0v) is 40.2.